The molecule has 0 aliphatic heterocycles. The normalized spacial score (nSPS) is 12.0. The quantitative estimate of drug-likeness (QED) is 0.179. The molecule has 0 radical (unpaired) electrons. The van der Waals surface area contributed by atoms with Crippen molar-refractivity contribution in [1.29, 1.82) is 0 Å². The van der Waals surface area contributed by atoms with Gasteiger partial charge in [-0.1, -0.05) is 127 Å². The maximum absolute atomic E-state index is 6.40. The molecule has 0 atom stereocenters. The van der Waals surface area contributed by atoms with Crippen LogP contribution in [0.15, 0.2) is 199 Å². The van der Waals surface area contributed by atoms with E-state index in [0.29, 0.717) is 0 Å². The fourth-order valence-electron chi connectivity index (χ4n) is 9.05. The highest BCUT2D eigenvalue weighted by Gasteiger charge is 2.20. The van der Waals surface area contributed by atoms with Gasteiger partial charge in [-0.15, -0.1) is 0 Å². The zero-order valence-corrected chi connectivity index (χ0v) is 29.8. The lowest BCUT2D eigenvalue weighted by Crippen LogP contribution is -1.94. The Morgan fingerprint density at radius 1 is 0.327 bits per heavy atom. The average Bonchev–Trinajstić information content (AvgIpc) is 3.91. The summed E-state index contributed by atoms with van der Waals surface area (Å²) in [4.78, 5) is 0. The fourth-order valence-corrected chi connectivity index (χ4v) is 9.05. The van der Waals surface area contributed by atoms with E-state index in [1.807, 2.05) is 12.1 Å². The monoisotopic (exact) mass is 700 g/mol. The summed E-state index contributed by atoms with van der Waals surface area (Å²) in [6.45, 7) is 0. The number of rotatable bonds is 4. The molecule has 3 heteroatoms. The van der Waals surface area contributed by atoms with Crippen LogP contribution >= 0.6 is 0 Å². The van der Waals surface area contributed by atoms with E-state index >= 15 is 0 Å². The Kier molecular flexibility index (Phi) is 6.34. The number of furan rings is 1. The van der Waals surface area contributed by atoms with Crippen LogP contribution in [-0.4, -0.2) is 9.13 Å². The zero-order chi connectivity index (χ0) is 36.0. The molecule has 55 heavy (non-hydrogen) atoms. The van der Waals surface area contributed by atoms with Crippen molar-refractivity contribution in [2.24, 2.45) is 0 Å². The Labute approximate surface area is 316 Å². The van der Waals surface area contributed by atoms with Crippen molar-refractivity contribution in [2.45, 2.75) is 0 Å². The van der Waals surface area contributed by atoms with Crippen LogP contribution in [0.3, 0.4) is 0 Å². The minimum absolute atomic E-state index is 0.892. The van der Waals surface area contributed by atoms with E-state index < -0.39 is 0 Å². The van der Waals surface area contributed by atoms with E-state index in [2.05, 4.69) is 191 Å². The van der Waals surface area contributed by atoms with E-state index in [-0.39, 0.29) is 0 Å². The van der Waals surface area contributed by atoms with E-state index in [4.69, 9.17) is 4.42 Å². The predicted octanol–water partition coefficient (Wildman–Crippen LogP) is 14.3. The molecular formula is C52H32N2O. The fraction of sp³-hybridized carbons (Fsp3) is 0. The van der Waals surface area contributed by atoms with Gasteiger partial charge in [-0.2, -0.15) is 0 Å². The molecule has 3 aromatic heterocycles. The van der Waals surface area contributed by atoms with Gasteiger partial charge in [-0.3, -0.25) is 0 Å². The van der Waals surface area contributed by atoms with Crippen molar-refractivity contribution in [1.82, 2.24) is 9.13 Å². The molecule has 0 spiro atoms. The highest BCUT2D eigenvalue weighted by Crippen LogP contribution is 2.43. The minimum Gasteiger partial charge on any atom is -0.456 e. The molecule has 0 bridgehead atoms. The first-order valence-electron chi connectivity index (χ1n) is 18.8. The average molecular weight is 701 g/mol. The van der Waals surface area contributed by atoms with Gasteiger partial charge in [0.15, 0.2) is 0 Å². The largest absolute Gasteiger partial charge is 0.456 e. The maximum Gasteiger partial charge on any atom is 0.137 e. The molecule has 3 heterocycles. The molecule has 3 nitrogen and oxygen atoms in total. The van der Waals surface area contributed by atoms with Gasteiger partial charge < -0.3 is 13.6 Å². The smallest absolute Gasteiger partial charge is 0.137 e. The molecule has 256 valence electrons. The second-order valence-corrected chi connectivity index (χ2v) is 14.5. The van der Waals surface area contributed by atoms with Crippen molar-refractivity contribution in [3.8, 4) is 33.6 Å². The van der Waals surface area contributed by atoms with E-state index in [0.717, 1.165) is 33.3 Å². The van der Waals surface area contributed by atoms with E-state index in [1.54, 1.807) is 0 Å². The van der Waals surface area contributed by atoms with Gasteiger partial charge in [0.05, 0.1) is 22.1 Å². The molecule has 0 aliphatic carbocycles. The van der Waals surface area contributed by atoms with Gasteiger partial charge in [-0.05, 0) is 88.3 Å². The SMILES string of the molecule is c1ccc(-c2cccc3c2c2cc(-c4ccc5c(c4)c4ccc6ccccc6c4n5-c4ccc5c(c4)oc4ccccc45)ccc2n3-c2ccccc2)cc1. The summed E-state index contributed by atoms with van der Waals surface area (Å²) < 4.78 is 11.2. The topological polar surface area (TPSA) is 23.0 Å². The van der Waals surface area contributed by atoms with Crippen molar-refractivity contribution in [3.63, 3.8) is 0 Å². The molecule has 9 aromatic carbocycles. The highest BCUT2D eigenvalue weighted by atomic mass is 16.3. The van der Waals surface area contributed by atoms with Crippen molar-refractivity contribution in [3.05, 3.63) is 194 Å². The molecule has 0 saturated carbocycles. The first-order chi connectivity index (χ1) is 27.3. The third-order valence-corrected chi connectivity index (χ3v) is 11.5. The number of nitrogens with zero attached hydrogens (tertiary/aromatic N) is 2. The number of benzene rings is 9. The minimum atomic E-state index is 0.892. The molecule has 12 aromatic rings. The third-order valence-electron chi connectivity index (χ3n) is 11.5. The van der Waals surface area contributed by atoms with Gasteiger partial charge in [0, 0.05) is 55.1 Å². The zero-order valence-electron chi connectivity index (χ0n) is 29.8. The second kappa shape index (κ2) is 11.6. The van der Waals surface area contributed by atoms with Crippen LogP contribution in [-0.2, 0) is 0 Å². The van der Waals surface area contributed by atoms with Gasteiger partial charge in [0.1, 0.15) is 11.2 Å². The number of hydrogen-bond acceptors (Lipinski definition) is 1. The van der Waals surface area contributed by atoms with Crippen LogP contribution in [0, 0.1) is 0 Å². The molecule has 12 rings (SSSR count). The van der Waals surface area contributed by atoms with Crippen LogP contribution in [0.2, 0.25) is 0 Å². The lowest BCUT2D eigenvalue weighted by Gasteiger charge is -2.10. The molecule has 0 N–H and O–H groups in total. The molecule has 0 aliphatic rings. The molecule has 0 unspecified atom stereocenters. The third kappa shape index (κ3) is 4.44. The molecular weight excluding hydrogens is 669 g/mol. The van der Waals surface area contributed by atoms with Gasteiger partial charge >= 0.3 is 0 Å². The Bertz CT molecular complexity index is 3470. The molecule has 0 amide bonds. The summed E-state index contributed by atoms with van der Waals surface area (Å²) in [6, 6.07) is 70.3. The van der Waals surface area contributed by atoms with Crippen LogP contribution in [0.5, 0.6) is 0 Å². The predicted molar refractivity (Wildman–Crippen MR) is 231 cm³/mol. The number of aromatic nitrogens is 2. The summed E-state index contributed by atoms with van der Waals surface area (Å²) in [5, 5.41) is 9.67. The lowest BCUT2D eigenvalue weighted by molar-refractivity contribution is 0.668. The maximum atomic E-state index is 6.40. The standard InChI is InChI=1S/C52H32N2O/c1-3-12-33(13-4-1)39-19-11-20-48-51(39)45-31-36(24-29-47(45)53(48)37-15-5-2-6-16-37)35-23-28-46-44(30-35)43-26-22-34-14-7-8-17-40(34)52(43)54(46)38-25-27-42-41-18-9-10-21-49(41)55-50(42)32-38/h1-32H. The summed E-state index contributed by atoms with van der Waals surface area (Å²) in [7, 11) is 0. The number of hydrogen-bond donors (Lipinski definition) is 0. The second-order valence-electron chi connectivity index (χ2n) is 14.5. The Morgan fingerprint density at radius 2 is 1.00 bits per heavy atom. The highest BCUT2D eigenvalue weighted by molar-refractivity contribution is 6.20. The van der Waals surface area contributed by atoms with Crippen LogP contribution in [0.4, 0.5) is 0 Å². The first-order valence-corrected chi connectivity index (χ1v) is 18.8. The van der Waals surface area contributed by atoms with Crippen molar-refractivity contribution < 1.29 is 4.42 Å². The van der Waals surface area contributed by atoms with Gasteiger partial charge in [-0.25, -0.2) is 0 Å². The molecule has 0 fully saturated rings. The van der Waals surface area contributed by atoms with Crippen LogP contribution < -0.4 is 0 Å². The van der Waals surface area contributed by atoms with Crippen molar-refractivity contribution in [2.75, 3.05) is 0 Å². The number of para-hydroxylation sites is 2. The van der Waals surface area contributed by atoms with E-state index in [9.17, 15) is 0 Å². The van der Waals surface area contributed by atoms with Gasteiger partial charge in [0.25, 0.3) is 0 Å². The van der Waals surface area contributed by atoms with Crippen LogP contribution in [0.25, 0.3) is 110 Å². The van der Waals surface area contributed by atoms with Gasteiger partial charge in [0.2, 0.25) is 0 Å². The summed E-state index contributed by atoms with van der Waals surface area (Å²) in [6.07, 6.45) is 0. The summed E-state index contributed by atoms with van der Waals surface area (Å²) in [5.41, 5.74) is 13.6. The Morgan fingerprint density at radius 3 is 1.84 bits per heavy atom. The summed E-state index contributed by atoms with van der Waals surface area (Å²) in [5.74, 6) is 0. The van der Waals surface area contributed by atoms with E-state index in [1.165, 1.54) is 76.6 Å². The summed E-state index contributed by atoms with van der Waals surface area (Å²) >= 11 is 0. The molecule has 0 saturated heterocycles. The van der Waals surface area contributed by atoms with Crippen molar-refractivity contribution >= 4 is 76.3 Å². The Hall–Kier alpha value is -7.36. The Balaban J connectivity index is 1.11. The lowest BCUT2D eigenvalue weighted by atomic mass is 9.97. The van der Waals surface area contributed by atoms with Crippen LogP contribution in [0.1, 0.15) is 0 Å². The first kappa shape index (κ1) is 30.1. The number of fused-ring (bicyclic) bond motifs is 11.